The van der Waals surface area contributed by atoms with Crippen LogP contribution >= 0.6 is 23.5 Å². The molecule has 0 aromatic heterocycles. The Morgan fingerprint density at radius 3 is 1.92 bits per heavy atom. The van der Waals surface area contributed by atoms with E-state index in [1.54, 1.807) is 23.5 Å². The minimum Gasteiger partial charge on any atom is -0.481 e. The molecule has 1 fully saturated rings. The van der Waals surface area contributed by atoms with Gasteiger partial charge in [-0.15, -0.1) is 0 Å². The van der Waals surface area contributed by atoms with Gasteiger partial charge >= 0.3 is 11.9 Å². The van der Waals surface area contributed by atoms with Crippen molar-refractivity contribution in [1.82, 2.24) is 0 Å². The predicted molar refractivity (Wildman–Crippen MR) is 100 cm³/mol. The van der Waals surface area contributed by atoms with E-state index in [4.69, 9.17) is 25.4 Å². The lowest BCUT2D eigenvalue weighted by Crippen LogP contribution is -2.50. The van der Waals surface area contributed by atoms with Crippen LogP contribution < -0.4 is 5.73 Å². The highest BCUT2D eigenvalue weighted by Crippen LogP contribution is 2.37. The summed E-state index contributed by atoms with van der Waals surface area (Å²) in [5.74, 6) is 0.314. The smallest absolute Gasteiger partial charge is 0.304 e. The minimum atomic E-state index is -0.803. The van der Waals surface area contributed by atoms with Crippen molar-refractivity contribution >= 4 is 35.5 Å². The van der Waals surface area contributed by atoms with Gasteiger partial charge < -0.3 is 25.4 Å². The molecular formula is C16H29NO6S2. The largest absolute Gasteiger partial charge is 0.481 e. The first-order valence-corrected chi connectivity index (χ1v) is 10.7. The Bertz CT molecular complexity index is 403. The quantitative estimate of drug-likeness (QED) is 0.402. The van der Waals surface area contributed by atoms with Crippen LogP contribution in [-0.4, -0.2) is 70.7 Å². The van der Waals surface area contributed by atoms with E-state index in [1.807, 2.05) is 6.92 Å². The lowest BCUT2D eigenvalue weighted by molar-refractivity contribution is -0.290. The van der Waals surface area contributed by atoms with Gasteiger partial charge in [0.05, 0.1) is 26.1 Å². The molecule has 146 valence electrons. The molecule has 4 N–H and O–H groups in total. The molecule has 0 aromatic rings. The molecule has 1 aliphatic heterocycles. The van der Waals surface area contributed by atoms with Crippen LogP contribution in [0.1, 0.15) is 32.6 Å². The van der Waals surface area contributed by atoms with E-state index in [2.05, 4.69) is 0 Å². The fraction of sp³-hybridized carbons (Fsp3) is 0.875. The van der Waals surface area contributed by atoms with Crippen molar-refractivity contribution in [1.29, 1.82) is 0 Å². The SMILES string of the molecule is CC1(CCCN)OCC(CSCCC(=O)O)(CSCCC(=O)O)CO1. The highest BCUT2D eigenvalue weighted by Gasteiger charge is 2.41. The van der Waals surface area contributed by atoms with Crippen LogP contribution in [-0.2, 0) is 19.1 Å². The van der Waals surface area contributed by atoms with Gasteiger partial charge in [-0.2, -0.15) is 23.5 Å². The van der Waals surface area contributed by atoms with Crippen LogP contribution in [0.2, 0.25) is 0 Å². The van der Waals surface area contributed by atoms with Crippen molar-refractivity contribution in [3.8, 4) is 0 Å². The number of rotatable bonds is 13. The van der Waals surface area contributed by atoms with Gasteiger partial charge in [-0.25, -0.2) is 0 Å². The van der Waals surface area contributed by atoms with Crippen molar-refractivity contribution in [3.05, 3.63) is 0 Å². The Morgan fingerprint density at radius 1 is 1.04 bits per heavy atom. The van der Waals surface area contributed by atoms with Crippen LogP contribution in [0.25, 0.3) is 0 Å². The van der Waals surface area contributed by atoms with E-state index in [9.17, 15) is 9.59 Å². The standard InChI is InChI=1S/C16H29NO6S2/c1-15(5-2-6-17)22-9-16(10-23-15,11-24-7-3-13(18)19)12-25-8-4-14(20)21/h2-12,17H2,1H3,(H,18,19)(H,20,21). The van der Waals surface area contributed by atoms with Crippen molar-refractivity contribution < 1.29 is 29.3 Å². The second kappa shape index (κ2) is 11.3. The summed E-state index contributed by atoms with van der Waals surface area (Å²) in [6.07, 6.45) is 1.81. The van der Waals surface area contributed by atoms with E-state index >= 15 is 0 Å². The highest BCUT2D eigenvalue weighted by molar-refractivity contribution is 8.00. The molecule has 0 unspecified atom stereocenters. The number of carbonyl (C=O) groups is 2. The van der Waals surface area contributed by atoms with Gasteiger partial charge in [0.25, 0.3) is 0 Å². The molecule has 1 rings (SSSR count). The van der Waals surface area contributed by atoms with Gasteiger partial charge in [0, 0.05) is 34.8 Å². The summed E-state index contributed by atoms with van der Waals surface area (Å²) in [6, 6.07) is 0. The molecule has 0 aromatic carbocycles. The zero-order valence-corrected chi connectivity index (χ0v) is 16.3. The number of nitrogens with two attached hydrogens (primary N) is 1. The topological polar surface area (TPSA) is 119 Å². The summed E-state index contributed by atoms with van der Waals surface area (Å²) in [5.41, 5.74) is 5.33. The fourth-order valence-corrected chi connectivity index (χ4v) is 4.83. The number of aliphatic carboxylic acids is 2. The van der Waals surface area contributed by atoms with Crippen LogP contribution in [0, 0.1) is 5.41 Å². The molecule has 0 radical (unpaired) electrons. The summed E-state index contributed by atoms with van der Waals surface area (Å²) < 4.78 is 12.0. The van der Waals surface area contributed by atoms with E-state index < -0.39 is 17.7 Å². The van der Waals surface area contributed by atoms with Gasteiger partial charge in [-0.3, -0.25) is 9.59 Å². The lowest BCUT2D eigenvalue weighted by atomic mass is 9.93. The Labute approximate surface area is 157 Å². The monoisotopic (exact) mass is 395 g/mol. The van der Waals surface area contributed by atoms with Crippen molar-refractivity contribution in [3.63, 3.8) is 0 Å². The maximum atomic E-state index is 10.7. The number of hydrogen-bond acceptors (Lipinski definition) is 7. The van der Waals surface area contributed by atoms with E-state index in [1.165, 1.54) is 0 Å². The maximum Gasteiger partial charge on any atom is 0.304 e. The third kappa shape index (κ3) is 9.14. The molecule has 0 saturated carbocycles. The summed E-state index contributed by atoms with van der Waals surface area (Å²) in [6.45, 7) is 3.55. The molecule has 1 saturated heterocycles. The van der Waals surface area contributed by atoms with Crippen LogP contribution in [0.3, 0.4) is 0 Å². The third-order valence-corrected chi connectivity index (χ3v) is 6.56. The number of hydrogen-bond donors (Lipinski definition) is 3. The van der Waals surface area contributed by atoms with Crippen molar-refractivity contribution in [2.24, 2.45) is 11.1 Å². The van der Waals surface area contributed by atoms with Gasteiger partial charge in [0.15, 0.2) is 5.79 Å². The number of thioether (sulfide) groups is 2. The van der Waals surface area contributed by atoms with Gasteiger partial charge in [-0.05, 0) is 19.9 Å². The first-order valence-electron chi connectivity index (χ1n) is 8.38. The zero-order chi connectivity index (χ0) is 18.8. The Kier molecular flexibility index (Phi) is 10.2. The predicted octanol–water partition coefficient (Wildman–Crippen LogP) is 1.89. The number of carboxylic acid groups (broad SMARTS) is 2. The summed E-state index contributed by atoms with van der Waals surface area (Å²) in [5, 5.41) is 17.5. The first kappa shape index (κ1) is 22.6. The molecule has 0 amide bonds. The Morgan fingerprint density at radius 2 is 1.52 bits per heavy atom. The van der Waals surface area contributed by atoms with E-state index in [-0.39, 0.29) is 18.3 Å². The minimum absolute atomic E-state index is 0.128. The first-order chi connectivity index (χ1) is 11.8. The second-order valence-electron chi connectivity index (χ2n) is 6.50. The highest BCUT2D eigenvalue weighted by atomic mass is 32.2. The zero-order valence-electron chi connectivity index (χ0n) is 14.7. The molecule has 1 aliphatic rings. The normalized spacial score (nSPS) is 18.8. The Hall–Kier alpha value is -0.480. The average molecular weight is 396 g/mol. The summed E-state index contributed by atoms with van der Waals surface area (Å²) >= 11 is 3.16. The average Bonchev–Trinajstić information content (AvgIpc) is 2.56. The van der Waals surface area contributed by atoms with E-state index in [0.29, 0.717) is 31.3 Å². The molecule has 7 nitrogen and oxygen atoms in total. The number of carboxylic acids is 2. The lowest BCUT2D eigenvalue weighted by Gasteiger charge is -2.45. The molecule has 0 bridgehead atoms. The molecule has 25 heavy (non-hydrogen) atoms. The van der Waals surface area contributed by atoms with Gasteiger partial charge in [0.1, 0.15) is 0 Å². The number of ether oxygens (including phenoxy) is 2. The second-order valence-corrected chi connectivity index (χ2v) is 8.71. The molecule has 1 heterocycles. The molecule has 0 atom stereocenters. The molecule has 0 aliphatic carbocycles. The van der Waals surface area contributed by atoms with Crippen LogP contribution in [0.4, 0.5) is 0 Å². The maximum absolute atomic E-state index is 10.7. The van der Waals surface area contributed by atoms with E-state index in [0.717, 1.165) is 24.3 Å². The molecule has 9 heteroatoms. The Balaban J connectivity index is 2.53. The molecule has 0 spiro atoms. The molecular weight excluding hydrogens is 366 g/mol. The fourth-order valence-electron chi connectivity index (χ4n) is 2.37. The summed E-state index contributed by atoms with van der Waals surface area (Å²) in [4.78, 5) is 21.3. The van der Waals surface area contributed by atoms with Crippen molar-refractivity contribution in [2.45, 2.75) is 38.4 Å². The van der Waals surface area contributed by atoms with Crippen molar-refractivity contribution in [2.75, 3.05) is 42.8 Å². The van der Waals surface area contributed by atoms with Crippen LogP contribution in [0.15, 0.2) is 0 Å². The van der Waals surface area contributed by atoms with Crippen LogP contribution in [0.5, 0.6) is 0 Å². The van der Waals surface area contributed by atoms with Gasteiger partial charge in [0.2, 0.25) is 0 Å². The third-order valence-electron chi connectivity index (χ3n) is 3.94. The van der Waals surface area contributed by atoms with Gasteiger partial charge in [-0.1, -0.05) is 0 Å². The summed E-state index contributed by atoms with van der Waals surface area (Å²) in [7, 11) is 0.